The van der Waals surface area contributed by atoms with Crippen molar-refractivity contribution in [1.29, 1.82) is 0 Å². The molecule has 0 aliphatic carbocycles. The summed E-state index contributed by atoms with van der Waals surface area (Å²) in [6, 6.07) is 14.3. The summed E-state index contributed by atoms with van der Waals surface area (Å²) in [6.45, 7) is 0. The van der Waals surface area contributed by atoms with Crippen molar-refractivity contribution in [3.63, 3.8) is 0 Å². The Morgan fingerprint density at radius 1 is 0.935 bits per heavy atom. The second-order valence-corrected chi connectivity index (χ2v) is 6.71. The lowest BCUT2D eigenvalue weighted by molar-refractivity contribution is -0.137. The van der Waals surface area contributed by atoms with E-state index in [2.05, 4.69) is 35.5 Å². The number of para-hydroxylation sites is 1. The first-order valence-electron chi connectivity index (χ1n) is 9.23. The predicted molar refractivity (Wildman–Crippen MR) is 109 cm³/mol. The van der Waals surface area contributed by atoms with E-state index < -0.39 is 11.7 Å². The number of aromatic amines is 2. The van der Waals surface area contributed by atoms with Gasteiger partial charge < -0.3 is 10.3 Å². The second kappa shape index (κ2) is 7.24. The normalized spacial score (nSPS) is 11.7. The van der Waals surface area contributed by atoms with E-state index in [4.69, 9.17) is 0 Å². The molecule has 5 aromatic rings. The minimum Gasteiger partial charge on any atom is -0.343 e. The molecule has 154 valence electrons. The van der Waals surface area contributed by atoms with Gasteiger partial charge in [0, 0.05) is 17.0 Å². The first-order valence-corrected chi connectivity index (χ1v) is 9.23. The number of aromatic nitrogens is 6. The second-order valence-electron chi connectivity index (χ2n) is 6.71. The zero-order valence-electron chi connectivity index (χ0n) is 15.8. The van der Waals surface area contributed by atoms with Gasteiger partial charge in [-0.05, 0) is 18.2 Å². The molecule has 0 saturated heterocycles. The third kappa shape index (κ3) is 3.59. The van der Waals surface area contributed by atoms with Crippen molar-refractivity contribution in [2.24, 2.45) is 0 Å². The fraction of sp³-hybridized carbons (Fsp3) is 0.0476. The monoisotopic (exact) mass is 421 g/mol. The topological polar surface area (TPSA) is 95.2 Å². The van der Waals surface area contributed by atoms with Crippen molar-refractivity contribution in [2.45, 2.75) is 6.18 Å². The van der Waals surface area contributed by atoms with Gasteiger partial charge in [0.1, 0.15) is 5.82 Å². The van der Waals surface area contributed by atoms with Crippen molar-refractivity contribution < 1.29 is 13.2 Å². The van der Waals surface area contributed by atoms with Gasteiger partial charge in [-0.2, -0.15) is 18.3 Å². The van der Waals surface area contributed by atoms with Crippen molar-refractivity contribution in [1.82, 2.24) is 30.1 Å². The van der Waals surface area contributed by atoms with Crippen molar-refractivity contribution in [3.05, 3.63) is 72.7 Å². The molecule has 5 rings (SSSR count). The molecule has 0 spiro atoms. The van der Waals surface area contributed by atoms with E-state index in [9.17, 15) is 13.2 Å². The van der Waals surface area contributed by atoms with Gasteiger partial charge in [-0.3, -0.25) is 5.10 Å². The molecule has 31 heavy (non-hydrogen) atoms. The maximum atomic E-state index is 13.6. The molecule has 10 heteroatoms. The number of nitrogens with zero attached hydrogens (tertiary/aromatic N) is 4. The molecule has 0 aliphatic heterocycles. The molecule has 3 aromatic heterocycles. The minimum atomic E-state index is -4.55. The van der Waals surface area contributed by atoms with E-state index in [0.717, 1.165) is 17.0 Å². The molecule has 0 unspecified atom stereocenters. The smallest absolute Gasteiger partial charge is 0.343 e. The van der Waals surface area contributed by atoms with E-state index in [1.807, 2.05) is 24.3 Å². The summed E-state index contributed by atoms with van der Waals surface area (Å²) in [5.74, 6) is 0.728. The summed E-state index contributed by atoms with van der Waals surface area (Å²) in [7, 11) is 0. The summed E-state index contributed by atoms with van der Waals surface area (Å²) < 4.78 is 40.8. The fourth-order valence-electron chi connectivity index (χ4n) is 3.27. The molecule has 0 amide bonds. The Labute approximate surface area is 173 Å². The molecule has 2 aromatic carbocycles. The van der Waals surface area contributed by atoms with Gasteiger partial charge in [-0.1, -0.05) is 30.3 Å². The Morgan fingerprint density at radius 3 is 2.55 bits per heavy atom. The van der Waals surface area contributed by atoms with Gasteiger partial charge >= 0.3 is 6.18 Å². The number of fused-ring (bicyclic) bond motifs is 1. The number of alkyl halides is 3. The number of H-pyrrole nitrogens is 2. The van der Waals surface area contributed by atoms with E-state index in [1.54, 1.807) is 6.07 Å². The Bertz CT molecular complexity index is 1360. The summed E-state index contributed by atoms with van der Waals surface area (Å²) in [5, 5.41) is 11.1. The van der Waals surface area contributed by atoms with E-state index >= 15 is 0 Å². The average molecular weight is 421 g/mol. The van der Waals surface area contributed by atoms with Gasteiger partial charge in [0.2, 0.25) is 0 Å². The standard InChI is InChI=1S/C21H14F3N7/c22-21(23,24)14-7-3-1-5-12(14)19-27-16(17-10-25-11-26-17)9-18(28-19)29-20-13-6-2-4-8-15(13)30-31-20/h1-11H,(H,25,26)(H2,27,28,29,30,31). The average Bonchev–Trinajstić information content (AvgIpc) is 3.44. The van der Waals surface area contributed by atoms with Crippen LogP contribution in [0.25, 0.3) is 33.7 Å². The highest BCUT2D eigenvalue weighted by molar-refractivity contribution is 5.91. The van der Waals surface area contributed by atoms with Gasteiger partial charge in [0.05, 0.1) is 35.0 Å². The molecule has 3 N–H and O–H groups in total. The molecule has 0 bridgehead atoms. The zero-order valence-corrected chi connectivity index (χ0v) is 15.8. The highest BCUT2D eigenvalue weighted by Gasteiger charge is 2.34. The van der Waals surface area contributed by atoms with Crippen LogP contribution >= 0.6 is 0 Å². The highest BCUT2D eigenvalue weighted by atomic mass is 19.4. The van der Waals surface area contributed by atoms with Crippen molar-refractivity contribution in [2.75, 3.05) is 5.32 Å². The molecular formula is C21H14F3N7. The van der Waals surface area contributed by atoms with Gasteiger partial charge in [0.25, 0.3) is 0 Å². The minimum absolute atomic E-state index is 0.0673. The quantitative estimate of drug-likeness (QED) is 0.372. The van der Waals surface area contributed by atoms with Crippen molar-refractivity contribution in [3.8, 4) is 22.8 Å². The number of nitrogens with one attached hydrogen (secondary N) is 3. The molecule has 3 heterocycles. The number of hydrogen-bond donors (Lipinski definition) is 3. The Balaban J connectivity index is 1.66. The first-order chi connectivity index (χ1) is 15.0. The van der Waals surface area contributed by atoms with Crippen LogP contribution < -0.4 is 5.32 Å². The van der Waals surface area contributed by atoms with Gasteiger partial charge in [-0.15, -0.1) is 0 Å². The zero-order chi connectivity index (χ0) is 21.4. The van der Waals surface area contributed by atoms with Crippen LogP contribution in [0.4, 0.5) is 24.8 Å². The molecule has 0 radical (unpaired) electrons. The lowest BCUT2D eigenvalue weighted by Crippen LogP contribution is -2.09. The van der Waals surface area contributed by atoms with Crippen LogP contribution in [0.15, 0.2) is 67.1 Å². The lowest BCUT2D eigenvalue weighted by Gasteiger charge is -2.13. The van der Waals surface area contributed by atoms with E-state index in [0.29, 0.717) is 23.0 Å². The molecule has 0 aliphatic rings. The number of anilines is 2. The van der Waals surface area contributed by atoms with Crippen LogP contribution in [0.2, 0.25) is 0 Å². The Hall–Kier alpha value is -4.21. The van der Waals surface area contributed by atoms with Crippen LogP contribution in [0, 0.1) is 0 Å². The number of halogens is 3. The van der Waals surface area contributed by atoms with Crippen molar-refractivity contribution >= 4 is 22.5 Å². The summed E-state index contributed by atoms with van der Waals surface area (Å²) >= 11 is 0. The van der Waals surface area contributed by atoms with Gasteiger partial charge in [-0.25, -0.2) is 15.0 Å². The summed E-state index contributed by atoms with van der Waals surface area (Å²) in [4.78, 5) is 15.6. The fourth-order valence-corrected chi connectivity index (χ4v) is 3.27. The van der Waals surface area contributed by atoms with Crippen LogP contribution in [0.1, 0.15) is 5.56 Å². The lowest BCUT2D eigenvalue weighted by atomic mass is 10.1. The van der Waals surface area contributed by atoms with Crippen LogP contribution in [0.3, 0.4) is 0 Å². The van der Waals surface area contributed by atoms with Gasteiger partial charge in [0.15, 0.2) is 11.6 Å². The number of benzene rings is 2. The maximum Gasteiger partial charge on any atom is 0.417 e. The Morgan fingerprint density at radius 2 is 1.74 bits per heavy atom. The maximum absolute atomic E-state index is 13.6. The first kappa shape index (κ1) is 18.8. The predicted octanol–water partition coefficient (Wildman–Crippen LogP) is 5.17. The summed E-state index contributed by atoms with van der Waals surface area (Å²) in [5.41, 5.74) is 0.819. The third-order valence-corrected chi connectivity index (χ3v) is 4.69. The largest absolute Gasteiger partial charge is 0.417 e. The number of hydrogen-bond acceptors (Lipinski definition) is 5. The van der Waals surface area contributed by atoms with Crippen LogP contribution in [-0.2, 0) is 6.18 Å². The van der Waals surface area contributed by atoms with Crippen LogP contribution in [-0.4, -0.2) is 30.1 Å². The summed E-state index contributed by atoms with van der Waals surface area (Å²) in [6.07, 6.45) is -1.54. The SMILES string of the molecule is FC(F)(F)c1ccccc1-c1nc(Nc2n[nH]c3ccccc23)cc(-c2cnc[nH]2)n1. The van der Waals surface area contributed by atoms with E-state index in [-0.39, 0.29) is 11.4 Å². The molecule has 7 nitrogen and oxygen atoms in total. The van der Waals surface area contributed by atoms with E-state index in [1.165, 1.54) is 30.7 Å². The number of imidazole rings is 1. The number of rotatable bonds is 4. The highest BCUT2D eigenvalue weighted by Crippen LogP contribution is 2.37. The molecule has 0 fully saturated rings. The Kier molecular flexibility index (Phi) is 4.39. The third-order valence-electron chi connectivity index (χ3n) is 4.69. The molecular weight excluding hydrogens is 407 g/mol. The van der Waals surface area contributed by atoms with Crippen LogP contribution in [0.5, 0.6) is 0 Å². The molecule has 0 atom stereocenters. The molecule has 0 saturated carbocycles.